The molecular weight excluding hydrogens is 390 g/mol. The molecule has 0 spiro atoms. The van der Waals surface area contributed by atoms with Crippen LogP contribution < -0.4 is 4.74 Å². The zero-order valence-corrected chi connectivity index (χ0v) is 15.2. The zero-order chi connectivity index (χ0) is 20.5. The van der Waals surface area contributed by atoms with Crippen LogP contribution in [0.15, 0.2) is 24.3 Å². The topological polar surface area (TPSA) is 130 Å². The number of ether oxygens (including phenoxy) is 2. The van der Waals surface area contributed by atoms with Gasteiger partial charge in [0.15, 0.2) is 6.61 Å². The molecule has 1 aromatic rings. The molecule has 152 valence electrons. The van der Waals surface area contributed by atoms with Crippen molar-refractivity contribution in [3.63, 3.8) is 0 Å². The Morgan fingerprint density at radius 1 is 1.37 bits per heavy atom. The van der Waals surface area contributed by atoms with E-state index in [1.807, 2.05) is 0 Å². The molecule has 8 nitrogen and oxygen atoms in total. The van der Waals surface area contributed by atoms with Crippen molar-refractivity contribution in [3.8, 4) is 5.75 Å². The first-order valence-electron chi connectivity index (χ1n) is 8.02. The van der Waals surface area contributed by atoms with Gasteiger partial charge in [-0.2, -0.15) is 17.2 Å². The van der Waals surface area contributed by atoms with Gasteiger partial charge in [-0.05, 0) is 43.9 Å². The van der Waals surface area contributed by atoms with Crippen molar-refractivity contribution in [3.05, 3.63) is 29.8 Å². The smallest absolute Gasteiger partial charge is 0.430 e. The second kappa shape index (κ2) is 7.66. The molecule has 0 radical (unpaired) electrons. The van der Waals surface area contributed by atoms with Crippen LogP contribution >= 0.6 is 0 Å². The molecule has 0 bridgehead atoms. The Bertz CT molecular complexity index is 776. The molecule has 0 aromatic heterocycles. The number of alkyl halides is 2. The Hall–Kier alpha value is -1.82. The second-order valence-electron chi connectivity index (χ2n) is 6.54. The maximum absolute atomic E-state index is 13.1. The first-order valence-corrected chi connectivity index (χ1v) is 9.46. The van der Waals surface area contributed by atoms with E-state index in [9.17, 15) is 27.1 Å². The normalized spacial score (nSPS) is 24.4. The predicted molar refractivity (Wildman–Crippen MR) is 87.7 cm³/mol. The van der Waals surface area contributed by atoms with Crippen LogP contribution in [0.25, 0.3) is 0 Å². The molecule has 3 atom stereocenters. The number of carbonyl (C=O) groups is 1. The summed E-state index contributed by atoms with van der Waals surface area (Å²) in [7, 11) is -5.96. The van der Waals surface area contributed by atoms with E-state index in [0.29, 0.717) is 6.42 Å². The van der Waals surface area contributed by atoms with Crippen LogP contribution in [0.3, 0.4) is 0 Å². The third-order valence-electron chi connectivity index (χ3n) is 4.44. The number of aliphatic hydroxyl groups is 2. The minimum Gasteiger partial charge on any atom is -0.482 e. The minimum absolute atomic E-state index is 0.0330. The van der Waals surface area contributed by atoms with Gasteiger partial charge < -0.3 is 19.7 Å². The largest absolute Gasteiger partial charge is 0.482 e. The number of aliphatic hydroxyl groups excluding tert-OH is 1. The average Bonchev–Trinajstić information content (AvgIpc) is 2.91. The molecule has 11 heteroatoms. The Morgan fingerprint density at radius 3 is 2.44 bits per heavy atom. The van der Waals surface area contributed by atoms with Crippen molar-refractivity contribution in [2.24, 2.45) is 0 Å². The lowest BCUT2D eigenvalue weighted by Gasteiger charge is -2.26. The molecule has 1 aliphatic carbocycles. The van der Waals surface area contributed by atoms with Crippen molar-refractivity contribution < 1.29 is 46.2 Å². The van der Waals surface area contributed by atoms with Gasteiger partial charge in [-0.15, -0.1) is 0 Å². The van der Waals surface area contributed by atoms with Crippen molar-refractivity contribution in [1.82, 2.24) is 0 Å². The molecular formula is C16H20F2O8S. The summed E-state index contributed by atoms with van der Waals surface area (Å²) in [5.41, 5.74) is 0.0799. The lowest BCUT2D eigenvalue weighted by molar-refractivity contribution is -0.206. The Kier molecular flexibility index (Phi) is 6.10. The number of hydrogen-bond acceptors (Lipinski definition) is 7. The number of halogens is 2. The molecule has 1 saturated carbocycles. The fourth-order valence-corrected chi connectivity index (χ4v) is 3.27. The van der Waals surface area contributed by atoms with Crippen LogP contribution in [0.1, 0.15) is 37.7 Å². The molecule has 0 heterocycles. The molecule has 3 N–H and O–H groups in total. The fourth-order valence-electron chi connectivity index (χ4n) is 2.97. The summed E-state index contributed by atoms with van der Waals surface area (Å²) < 4.78 is 64.3. The number of rotatable bonds is 7. The van der Waals surface area contributed by atoms with E-state index in [-0.39, 0.29) is 11.7 Å². The van der Waals surface area contributed by atoms with Gasteiger partial charge in [-0.25, -0.2) is 4.79 Å². The van der Waals surface area contributed by atoms with Crippen LogP contribution in [-0.4, -0.2) is 52.9 Å². The van der Waals surface area contributed by atoms with E-state index < -0.39 is 39.8 Å². The molecule has 27 heavy (non-hydrogen) atoms. The lowest BCUT2D eigenvalue weighted by atomic mass is 9.86. The molecule has 0 amide bonds. The number of benzene rings is 1. The summed E-state index contributed by atoms with van der Waals surface area (Å²) >= 11 is 0. The third-order valence-corrected chi connectivity index (χ3v) is 5.33. The van der Waals surface area contributed by atoms with Gasteiger partial charge in [-0.3, -0.25) is 4.55 Å². The summed E-state index contributed by atoms with van der Waals surface area (Å²) in [6.07, 6.45) is -0.953. The van der Waals surface area contributed by atoms with Crippen LogP contribution in [0.2, 0.25) is 0 Å². The first-order chi connectivity index (χ1) is 12.3. The number of hydrogen-bond donors (Lipinski definition) is 3. The van der Waals surface area contributed by atoms with Crippen molar-refractivity contribution >= 4 is 16.1 Å². The zero-order valence-electron chi connectivity index (χ0n) is 14.3. The highest BCUT2D eigenvalue weighted by Gasteiger charge is 2.54. The Morgan fingerprint density at radius 2 is 1.96 bits per heavy atom. The van der Waals surface area contributed by atoms with Crippen LogP contribution in [0.5, 0.6) is 5.75 Å². The van der Waals surface area contributed by atoms with Crippen LogP contribution in [-0.2, 0) is 19.6 Å². The van der Waals surface area contributed by atoms with Gasteiger partial charge in [0.25, 0.3) is 6.29 Å². The molecule has 3 unspecified atom stereocenters. The fraction of sp³-hybridized carbons (Fsp3) is 0.562. The van der Waals surface area contributed by atoms with Gasteiger partial charge >= 0.3 is 21.3 Å². The SMILES string of the molecule is CC1(O)CCCC1c1ccc(OCC(=O)OC(O)C(F)(F)S(=O)(=O)O)cc1. The average molecular weight is 410 g/mol. The first kappa shape index (κ1) is 21.5. The quantitative estimate of drug-likeness (QED) is 0.350. The van der Waals surface area contributed by atoms with E-state index in [0.717, 1.165) is 18.4 Å². The summed E-state index contributed by atoms with van der Waals surface area (Å²) in [5.74, 6) is -1.30. The summed E-state index contributed by atoms with van der Waals surface area (Å²) in [5, 5.41) is 14.2. The van der Waals surface area contributed by atoms with Gasteiger partial charge in [0.1, 0.15) is 5.75 Å². The standard InChI is InChI=1S/C16H20F2O8S/c1-15(21)8-2-3-12(15)10-4-6-11(7-5-10)25-9-13(19)26-14(20)16(17,18)27(22,23)24/h4-7,12,14,20-21H,2-3,8-9H2,1H3,(H,22,23,24). The van der Waals surface area contributed by atoms with E-state index >= 15 is 0 Å². The molecule has 2 rings (SSSR count). The highest BCUT2D eigenvalue weighted by atomic mass is 32.2. The molecule has 1 aromatic carbocycles. The van der Waals surface area contributed by atoms with Crippen molar-refractivity contribution in [2.45, 2.75) is 49.2 Å². The maximum atomic E-state index is 13.1. The van der Waals surface area contributed by atoms with Gasteiger partial charge in [0.05, 0.1) is 5.60 Å². The van der Waals surface area contributed by atoms with Gasteiger partial charge in [-0.1, -0.05) is 12.1 Å². The monoisotopic (exact) mass is 410 g/mol. The summed E-state index contributed by atoms with van der Waals surface area (Å²) in [4.78, 5) is 11.4. The third kappa shape index (κ3) is 4.92. The van der Waals surface area contributed by atoms with E-state index in [1.54, 1.807) is 19.1 Å². The van der Waals surface area contributed by atoms with Gasteiger partial charge in [0.2, 0.25) is 0 Å². The molecule has 1 aliphatic rings. The van der Waals surface area contributed by atoms with E-state index in [4.69, 9.17) is 14.4 Å². The van der Waals surface area contributed by atoms with E-state index in [1.165, 1.54) is 12.1 Å². The van der Waals surface area contributed by atoms with Crippen LogP contribution in [0.4, 0.5) is 8.78 Å². The molecule has 0 saturated heterocycles. The van der Waals surface area contributed by atoms with Crippen molar-refractivity contribution in [1.29, 1.82) is 0 Å². The summed E-state index contributed by atoms with van der Waals surface area (Å²) in [6.45, 7) is 0.887. The molecule has 1 fully saturated rings. The Labute approximate surface area is 154 Å². The van der Waals surface area contributed by atoms with Crippen LogP contribution in [0, 0.1) is 0 Å². The number of esters is 1. The minimum atomic E-state index is -5.96. The lowest BCUT2D eigenvalue weighted by Crippen LogP contribution is -2.44. The molecule has 0 aliphatic heterocycles. The second-order valence-corrected chi connectivity index (χ2v) is 8.03. The highest BCUT2D eigenvalue weighted by Crippen LogP contribution is 2.42. The highest BCUT2D eigenvalue weighted by molar-refractivity contribution is 7.86. The maximum Gasteiger partial charge on any atom is 0.430 e. The van der Waals surface area contributed by atoms with Gasteiger partial charge in [0, 0.05) is 5.92 Å². The number of carbonyl (C=O) groups excluding carboxylic acids is 1. The predicted octanol–water partition coefficient (Wildman–Crippen LogP) is 1.43. The van der Waals surface area contributed by atoms with E-state index in [2.05, 4.69) is 4.74 Å². The van der Waals surface area contributed by atoms with Crippen molar-refractivity contribution in [2.75, 3.05) is 6.61 Å². The summed E-state index contributed by atoms with van der Waals surface area (Å²) in [6, 6.07) is 6.43. The Balaban J connectivity index is 1.90.